The van der Waals surface area contributed by atoms with Gasteiger partial charge in [-0.05, 0) is 58.7 Å². The van der Waals surface area contributed by atoms with E-state index in [1.807, 2.05) is 20.9 Å². The zero-order chi connectivity index (χ0) is 18.9. The summed E-state index contributed by atoms with van der Waals surface area (Å²) in [6, 6.07) is 1.21. The third-order valence-electron chi connectivity index (χ3n) is 4.01. The van der Waals surface area contributed by atoms with Crippen molar-refractivity contribution in [3.8, 4) is 0 Å². The monoisotopic (exact) mass is 353 g/mol. The first-order chi connectivity index (χ1) is 11.8. The van der Waals surface area contributed by atoms with Crippen molar-refractivity contribution < 1.29 is 13.9 Å². The summed E-state index contributed by atoms with van der Waals surface area (Å²) in [6.45, 7) is 9.22. The lowest BCUT2D eigenvalue weighted by Gasteiger charge is -2.25. The SMILES string of the molecule is CNC(C)(C)NCCCCCc1nccc(F)c1C(=O)OCC(C)C. The second kappa shape index (κ2) is 10.5. The highest BCUT2D eigenvalue weighted by Gasteiger charge is 2.19. The van der Waals surface area contributed by atoms with Crippen LogP contribution in [0.2, 0.25) is 0 Å². The summed E-state index contributed by atoms with van der Waals surface area (Å²) in [5.41, 5.74) is 0.382. The van der Waals surface area contributed by atoms with Crippen LogP contribution in [0.25, 0.3) is 0 Å². The highest BCUT2D eigenvalue weighted by atomic mass is 19.1. The quantitative estimate of drug-likeness (QED) is 0.363. The number of nitrogens with zero attached hydrogens (tertiary/aromatic N) is 1. The van der Waals surface area contributed by atoms with Gasteiger partial charge in [0, 0.05) is 6.20 Å². The highest BCUT2D eigenvalue weighted by Crippen LogP contribution is 2.16. The summed E-state index contributed by atoms with van der Waals surface area (Å²) >= 11 is 0. The lowest BCUT2D eigenvalue weighted by atomic mass is 10.1. The molecule has 2 N–H and O–H groups in total. The number of unbranched alkanes of at least 4 members (excludes halogenated alkanes) is 2. The maximum absolute atomic E-state index is 14.1. The molecule has 0 amide bonds. The molecule has 0 atom stereocenters. The maximum atomic E-state index is 14.1. The van der Waals surface area contributed by atoms with Crippen molar-refractivity contribution in [3.05, 3.63) is 29.3 Å². The van der Waals surface area contributed by atoms with Crippen molar-refractivity contribution in [1.82, 2.24) is 15.6 Å². The molecule has 0 aliphatic carbocycles. The summed E-state index contributed by atoms with van der Waals surface area (Å²) in [5, 5.41) is 6.60. The van der Waals surface area contributed by atoms with E-state index in [0.29, 0.717) is 12.1 Å². The van der Waals surface area contributed by atoms with E-state index in [1.165, 1.54) is 12.3 Å². The number of rotatable bonds is 11. The van der Waals surface area contributed by atoms with Crippen LogP contribution >= 0.6 is 0 Å². The van der Waals surface area contributed by atoms with Gasteiger partial charge in [-0.2, -0.15) is 0 Å². The van der Waals surface area contributed by atoms with Crippen LogP contribution in [0.1, 0.15) is 63.0 Å². The first-order valence-corrected chi connectivity index (χ1v) is 9.01. The maximum Gasteiger partial charge on any atom is 0.343 e. The van der Waals surface area contributed by atoms with Gasteiger partial charge in [0.1, 0.15) is 11.4 Å². The van der Waals surface area contributed by atoms with Crippen molar-refractivity contribution in [1.29, 1.82) is 0 Å². The first kappa shape index (κ1) is 21.5. The van der Waals surface area contributed by atoms with Gasteiger partial charge >= 0.3 is 5.97 Å². The molecule has 0 bridgehead atoms. The zero-order valence-corrected chi connectivity index (χ0v) is 16.1. The number of halogens is 1. The predicted octanol–water partition coefficient (Wildman–Crippen LogP) is 3.29. The van der Waals surface area contributed by atoms with Crippen LogP contribution in [0, 0.1) is 11.7 Å². The van der Waals surface area contributed by atoms with Gasteiger partial charge in [-0.15, -0.1) is 0 Å². The standard InChI is InChI=1S/C19H32FN3O2/c1-14(2)13-25-18(24)17-15(20)10-12-22-16(17)9-7-6-8-11-23-19(3,4)21-5/h10,12,14,21,23H,6-9,11,13H2,1-5H3. The molecule has 0 fully saturated rings. The number of hydrogen-bond donors (Lipinski definition) is 2. The third-order valence-corrected chi connectivity index (χ3v) is 4.01. The Labute approximate surface area is 150 Å². The van der Waals surface area contributed by atoms with Gasteiger partial charge in [-0.25, -0.2) is 9.18 Å². The number of ether oxygens (including phenoxy) is 1. The van der Waals surface area contributed by atoms with E-state index >= 15 is 0 Å². The van der Waals surface area contributed by atoms with E-state index in [0.717, 1.165) is 25.8 Å². The van der Waals surface area contributed by atoms with E-state index in [-0.39, 0.29) is 23.8 Å². The number of pyridine rings is 1. The van der Waals surface area contributed by atoms with E-state index in [9.17, 15) is 9.18 Å². The molecule has 0 saturated heterocycles. The minimum Gasteiger partial charge on any atom is -0.462 e. The highest BCUT2D eigenvalue weighted by molar-refractivity contribution is 5.90. The molecule has 1 aromatic rings. The van der Waals surface area contributed by atoms with E-state index in [1.54, 1.807) is 0 Å². The average Bonchev–Trinajstić information content (AvgIpc) is 2.55. The number of carbonyl (C=O) groups excluding carboxylic acids is 1. The molecule has 1 rings (SSSR count). The van der Waals surface area contributed by atoms with Gasteiger partial charge in [0.15, 0.2) is 0 Å². The van der Waals surface area contributed by atoms with Crippen LogP contribution < -0.4 is 10.6 Å². The minimum atomic E-state index is -0.619. The molecule has 25 heavy (non-hydrogen) atoms. The summed E-state index contributed by atoms with van der Waals surface area (Å²) in [5.74, 6) is -0.968. The van der Waals surface area contributed by atoms with Crippen molar-refractivity contribution in [2.75, 3.05) is 20.2 Å². The topological polar surface area (TPSA) is 63.2 Å². The number of carbonyl (C=O) groups is 1. The van der Waals surface area contributed by atoms with Gasteiger partial charge in [-0.3, -0.25) is 10.3 Å². The van der Waals surface area contributed by atoms with Crippen LogP contribution in [-0.4, -0.2) is 36.8 Å². The van der Waals surface area contributed by atoms with Gasteiger partial charge < -0.3 is 10.1 Å². The van der Waals surface area contributed by atoms with Crippen LogP contribution in [-0.2, 0) is 11.2 Å². The number of aryl methyl sites for hydroxylation is 1. The Balaban J connectivity index is 2.50. The number of esters is 1. The molecule has 0 saturated carbocycles. The fourth-order valence-electron chi connectivity index (χ4n) is 2.28. The van der Waals surface area contributed by atoms with E-state index < -0.39 is 11.8 Å². The van der Waals surface area contributed by atoms with Crippen LogP contribution in [0.15, 0.2) is 12.3 Å². The molecule has 0 unspecified atom stereocenters. The molecule has 142 valence electrons. The lowest BCUT2D eigenvalue weighted by molar-refractivity contribution is 0.0451. The molecule has 0 spiro atoms. The Hall–Kier alpha value is -1.53. The Bertz CT molecular complexity index is 547. The number of nitrogens with one attached hydrogen (secondary N) is 2. The van der Waals surface area contributed by atoms with Crippen molar-refractivity contribution in [2.24, 2.45) is 5.92 Å². The zero-order valence-electron chi connectivity index (χ0n) is 16.1. The summed E-state index contributed by atoms with van der Waals surface area (Å²) < 4.78 is 19.2. The minimum absolute atomic E-state index is 0.0161. The number of hydrogen-bond acceptors (Lipinski definition) is 5. The van der Waals surface area contributed by atoms with Crippen molar-refractivity contribution in [3.63, 3.8) is 0 Å². The fraction of sp³-hybridized carbons (Fsp3) is 0.684. The van der Waals surface area contributed by atoms with Gasteiger partial charge in [-0.1, -0.05) is 20.3 Å². The normalized spacial score (nSPS) is 11.8. The van der Waals surface area contributed by atoms with Crippen LogP contribution in [0.4, 0.5) is 4.39 Å². The van der Waals surface area contributed by atoms with Crippen LogP contribution in [0.5, 0.6) is 0 Å². The Morgan fingerprint density at radius 3 is 2.68 bits per heavy atom. The molecular formula is C19H32FN3O2. The Morgan fingerprint density at radius 1 is 1.32 bits per heavy atom. The predicted molar refractivity (Wildman–Crippen MR) is 98.0 cm³/mol. The average molecular weight is 353 g/mol. The van der Waals surface area contributed by atoms with Gasteiger partial charge in [0.25, 0.3) is 0 Å². The van der Waals surface area contributed by atoms with Gasteiger partial charge in [0.05, 0.1) is 18.0 Å². The molecule has 1 aromatic heterocycles. The van der Waals surface area contributed by atoms with E-state index in [2.05, 4.69) is 29.5 Å². The smallest absolute Gasteiger partial charge is 0.343 e. The summed E-state index contributed by atoms with van der Waals surface area (Å²) in [6.07, 6.45) is 4.81. The molecule has 0 aliphatic rings. The first-order valence-electron chi connectivity index (χ1n) is 9.01. The second-order valence-corrected chi connectivity index (χ2v) is 7.22. The second-order valence-electron chi connectivity index (χ2n) is 7.22. The molecule has 0 aliphatic heterocycles. The van der Waals surface area contributed by atoms with Gasteiger partial charge in [0.2, 0.25) is 0 Å². The van der Waals surface area contributed by atoms with E-state index in [4.69, 9.17) is 4.74 Å². The van der Waals surface area contributed by atoms with Crippen molar-refractivity contribution >= 4 is 5.97 Å². The summed E-state index contributed by atoms with van der Waals surface area (Å²) in [4.78, 5) is 16.3. The molecule has 0 radical (unpaired) electrons. The molecule has 5 nitrogen and oxygen atoms in total. The lowest BCUT2D eigenvalue weighted by Crippen LogP contribution is -2.50. The fourth-order valence-corrected chi connectivity index (χ4v) is 2.28. The number of aromatic nitrogens is 1. The molecule has 0 aromatic carbocycles. The molecule has 6 heteroatoms. The van der Waals surface area contributed by atoms with Crippen molar-refractivity contribution in [2.45, 2.75) is 59.0 Å². The largest absolute Gasteiger partial charge is 0.462 e. The summed E-state index contributed by atoms with van der Waals surface area (Å²) in [7, 11) is 1.92. The Kier molecular flexibility index (Phi) is 9.00. The molecular weight excluding hydrogens is 321 g/mol. The third kappa shape index (κ3) is 7.92. The Morgan fingerprint density at radius 2 is 2.04 bits per heavy atom. The molecule has 1 heterocycles. The van der Waals surface area contributed by atoms with Crippen LogP contribution in [0.3, 0.4) is 0 Å².